The number of nitrogens with zero attached hydrogens (tertiary/aromatic N) is 3. The summed E-state index contributed by atoms with van der Waals surface area (Å²) < 4.78 is 54.2. The lowest BCUT2D eigenvalue weighted by Gasteiger charge is -2.13. The second kappa shape index (κ2) is 10.2. The second-order valence-corrected chi connectivity index (χ2v) is 5.86. The molecule has 0 saturated carbocycles. The zero-order chi connectivity index (χ0) is 22.3. The third-order valence-corrected chi connectivity index (χ3v) is 3.50. The maximum absolute atomic E-state index is 12.7. The Labute approximate surface area is 168 Å². The van der Waals surface area contributed by atoms with Crippen molar-refractivity contribution >= 4 is 23.4 Å². The highest BCUT2D eigenvalue weighted by molar-refractivity contribution is 6.05. The van der Waals surface area contributed by atoms with Gasteiger partial charge in [-0.1, -0.05) is 0 Å². The fraction of sp³-hybridized carbons (Fsp3) is 0.222. The van der Waals surface area contributed by atoms with Crippen molar-refractivity contribution in [2.75, 3.05) is 17.7 Å². The Bertz CT molecular complexity index is 932. The number of alkyl halides is 3. The van der Waals surface area contributed by atoms with Crippen LogP contribution in [0.5, 0.6) is 0 Å². The highest BCUT2D eigenvalue weighted by atomic mass is 19.3. The lowest BCUT2D eigenvalue weighted by atomic mass is 10.3. The number of ether oxygens (including phenoxy) is 1. The van der Waals surface area contributed by atoms with E-state index in [0.717, 1.165) is 18.3 Å². The van der Waals surface area contributed by atoms with E-state index < -0.39 is 42.4 Å². The number of hydrogen-bond acceptors (Lipinski definition) is 7. The van der Waals surface area contributed by atoms with Crippen molar-refractivity contribution in [2.45, 2.75) is 19.4 Å². The SMILES string of the molecule is CC1=C[C@H](CF)N=C(N)O1.Nc1nc(C(F)F)cnc1C(=O)Nc1ccc(F)cc1. The van der Waals surface area contributed by atoms with Crippen molar-refractivity contribution in [2.24, 2.45) is 10.7 Å². The van der Waals surface area contributed by atoms with Crippen LogP contribution in [0.3, 0.4) is 0 Å². The molecule has 1 atom stereocenters. The molecule has 0 radical (unpaired) electrons. The molecule has 160 valence electrons. The van der Waals surface area contributed by atoms with Crippen LogP contribution in [-0.2, 0) is 4.74 Å². The van der Waals surface area contributed by atoms with Crippen LogP contribution in [-0.4, -0.2) is 34.6 Å². The molecule has 0 bridgehead atoms. The summed E-state index contributed by atoms with van der Waals surface area (Å²) in [6.45, 7) is 1.19. The van der Waals surface area contributed by atoms with Gasteiger partial charge < -0.3 is 21.5 Å². The number of halogens is 4. The highest BCUT2D eigenvalue weighted by Crippen LogP contribution is 2.18. The molecule has 0 spiro atoms. The van der Waals surface area contributed by atoms with Gasteiger partial charge in [0.25, 0.3) is 18.4 Å². The number of amidine groups is 1. The molecule has 2 aromatic rings. The fourth-order valence-electron chi connectivity index (χ4n) is 2.20. The summed E-state index contributed by atoms with van der Waals surface area (Å²) in [5, 5.41) is 2.40. The number of benzene rings is 1. The fourth-order valence-corrected chi connectivity index (χ4v) is 2.20. The lowest BCUT2D eigenvalue weighted by molar-refractivity contribution is 0.102. The predicted octanol–water partition coefficient (Wildman–Crippen LogP) is 2.96. The summed E-state index contributed by atoms with van der Waals surface area (Å²) in [5.74, 6) is -0.969. The van der Waals surface area contributed by atoms with Crippen LogP contribution in [0.15, 0.2) is 47.3 Å². The predicted molar refractivity (Wildman–Crippen MR) is 102 cm³/mol. The summed E-state index contributed by atoms with van der Waals surface area (Å²) in [4.78, 5) is 22.5. The first-order valence-electron chi connectivity index (χ1n) is 8.42. The van der Waals surface area contributed by atoms with Gasteiger partial charge in [0.2, 0.25) is 0 Å². The van der Waals surface area contributed by atoms with Gasteiger partial charge in [-0.25, -0.2) is 32.5 Å². The third-order valence-electron chi connectivity index (χ3n) is 3.50. The van der Waals surface area contributed by atoms with E-state index in [2.05, 4.69) is 20.3 Å². The number of nitrogen functional groups attached to an aromatic ring is 1. The number of hydrogen-bond donors (Lipinski definition) is 3. The molecule has 1 amide bonds. The molecule has 1 aromatic carbocycles. The minimum Gasteiger partial charge on any atom is -0.431 e. The lowest BCUT2D eigenvalue weighted by Crippen LogP contribution is -2.23. The molecule has 5 N–H and O–H groups in total. The summed E-state index contributed by atoms with van der Waals surface area (Å²) >= 11 is 0. The average molecular weight is 426 g/mol. The molecule has 1 aromatic heterocycles. The van der Waals surface area contributed by atoms with E-state index in [1.165, 1.54) is 12.1 Å². The molecule has 2 heterocycles. The topological polar surface area (TPSA) is 129 Å². The van der Waals surface area contributed by atoms with E-state index in [1.807, 2.05) is 0 Å². The highest BCUT2D eigenvalue weighted by Gasteiger charge is 2.17. The molecule has 3 rings (SSSR count). The van der Waals surface area contributed by atoms with Crippen molar-refractivity contribution in [1.29, 1.82) is 0 Å². The Morgan fingerprint density at radius 2 is 1.93 bits per heavy atom. The number of aliphatic imine (C=N–C) groups is 1. The van der Waals surface area contributed by atoms with Gasteiger partial charge in [-0.2, -0.15) is 0 Å². The van der Waals surface area contributed by atoms with Gasteiger partial charge in [-0.15, -0.1) is 0 Å². The number of carbonyl (C=O) groups is 1. The maximum atomic E-state index is 12.7. The monoisotopic (exact) mass is 426 g/mol. The van der Waals surface area contributed by atoms with Gasteiger partial charge in [0.05, 0.1) is 6.20 Å². The van der Waals surface area contributed by atoms with Crippen molar-refractivity contribution in [3.63, 3.8) is 0 Å². The summed E-state index contributed by atoms with van der Waals surface area (Å²) in [7, 11) is 0. The number of aromatic nitrogens is 2. The average Bonchev–Trinajstić information content (AvgIpc) is 2.69. The first-order valence-corrected chi connectivity index (χ1v) is 8.42. The Hall–Kier alpha value is -3.70. The van der Waals surface area contributed by atoms with Crippen molar-refractivity contribution in [3.8, 4) is 0 Å². The van der Waals surface area contributed by atoms with Crippen LogP contribution in [0.25, 0.3) is 0 Å². The summed E-state index contributed by atoms with van der Waals surface area (Å²) in [5.41, 5.74) is 10.0. The Morgan fingerprint density at radius 3 is 2.47 bits per heavy atom. The van der Waals surface area contributed by atoms with Gasteiger partial charge in [0.1, 0.15) is 30.0 Å². The molecule has 0 unspecified atom stereocenters. The van der Waals surface area contributed by atoms with Crippen LogP contribution in [0, 0.1) is 5.82 Å². The molecule has 12 heteroatoms. The minimum absolute atomic E-state index is 0.0441. The number of allylic oxidation sites excluding steroid dienone is 1. The molecular formula is C18H18F4N6O2. The molecule has 30 heavy (non-hydrogen) atoms. The van der Waals surface area contributed by atoms with Gasteiger partial charge in [0.15, 0.2) is 11.5 Å². The summed E-state index contributed by atoms with van der Waals surface area (Å²) in [6, 6.07) is 4.58. The number of nitrogens with one attached hydrogen (secondary N) is 1. The maximum Gasteiger partial charge on any atom is 0.287 e. The van der Waals surface area contributed by atoms with Crippen LogP contribution >= 0.6 is 0 Å². The van der Waals surface area contributed by atoms with Crippen LogP contribution in [0.2, 0.25) is 0 Å². The van der Waals surface area contributed by atoms with E-state index in [4.69, 9.17) is 16.2 Å². The molecule has 1 aliphatic heterocycles. The smallest absolute Gasteiger partial charge is 0.287 e. The Kier molecular flexibility index (Phi) is 7.67. The molecule has 8 nitrogen and oxygen atoms in total. The quantitative estimate of drug-likeness (QED) is 0.645. The van der Waals surface area contributed by atoms with Crippen molar-refractivity contribution in [3.05, 3.63) is 59.5 Å². The van der Waals surface area contributed by atoms with Crippen LogP contribution < -0.4 is 16.8 Å². The molecule has 0 saturated heterocycles. The molecule has 0 fully saturated rings. The van der Waals surface area contributed by atoms with E-state index in [-0.39, 0.29) is 11.7 Å². The van der Waals surface area contributed by atoms with Gasteiger partial charge in [-0.3, -0.25) is 4.79 Å². The molecule has 0 aliphatic carbocycles. The van der Waals surface area contributed by atoms with Crippen LogP contribution in [0.1, 0.15) is 29.5 Å². The van der Waals surface area contributed by atoms with Crippen molar-refractivity contribution in [1.82, 2.24) is 9.97 Å². The normalized spacial score (nSPS) is 15.3. The van der Waals surface area contributed by atoms with E-state index in [0.29, 0.717) is 11.4 Å². The van der Waals surface area contributed by atoms with Gasteiger partial charge >= 0.3 is 0 Å². The number of anilines is 2. The van der Waals surface area contributed by atoms with Gasteiger partial charge in [-0.05, 0) is 37.3 Å². The number of rotatable bonds is 4. The number of amides is 1. The zero-order valence-electron chi connectivity index (χ0n) is 15.7. The van der Waals surface area contributed by atoms with Gasteiger partial charge in [0, 0.05) is 5.69 Å². The number of nitrogens with two attached hydrogens (primary N) is 2. The Balaban J connectivity index is 0.000000269. The Morgan fingerprint density at radius 1 is 1.27 bits per heavy atom. The van der Waals surface area contributed by atoms with E-state index >= 15 is 0 Å². The largest absolute Gasteiger partial charge is 0.431 e. The zero-order valence-corrected chi connectivity index (χ0v) is 15.7. The minimum atomic E-state index is -2.82. The molecule has 1 aliphatic rings. The first kappa shape index (κ1) is 22.6. The third kappa shape index (κ3) is 6.43. The van der Waals surface area contributed by atoms with Crippen molar-refractivity contribution < 1.29 is 27.1 Å². The number of carbonyl (C=O) groups excluding carboxylic acids is 1. The van der Waals surface area contributed by atoms with Crippen LogP contribution in [0.4, 0.5) is 29.1 Å². The second-order valence-electron chi connectivity index (χ2n) is 5.86. The summed E-state index contributed by atoms with van der Waals surface area (Å²) in [6.07, 6.45) is -0.448. The first-order chi connectivity index (χ1) is 14.2. The molecular weight excluding hydrogens is 408 g/mol. The van der Waals surface area contributed by atoms with E-state index in [9.17, 15) is 22.4 Å². The van der Waals surface area contributed by atoms with E-state index in [1.54, 1.807) is 13.0 Å². The standard InChI is InChI=1S/C12H9F3N4O.C6H9FN2O/c13-6-1-3-7(4-2-6)18-12(20)9-11(16)19-8(5-17-9)10(14)15;1-4-2-5(3-7)9-6(8)10-4/h1-5,10H,(H2,16,19)(H,18,20);2,5H,3H2,1H3,(H2,8,9)/t;5-/m.1/s1.